The van der Waals surface area contributed by atoms with Gasteiger partial charge in [0.15, 0.2) is 0 Å². The van der Waals surface area contributed by atoms with Crippen molar-refractivity contribution in [2.24, 2.45) is 5.92 Å². The number of amides is 2. The molecule has 0 aliphatic carbocycles. The van der Waals surface area contributed by atoms with Crippen LogP contribution in [0.2, 0.25) is 0 Å². The van der Waals surface area contributed by atoms with Crippen molar-refractivity contribution in [1.29, 1.82) is 0 Å². The Hall–Kier alpha value is -0.770. The fraction of sp³-hybridized carbons (Fsp3) is 0.929. The summed E-state index contributed by atoms with van der Waals surface area (Å²) in [5.74, 6) is 0.779. The summed E-state index contributed by atoms with van der Waals surface area (Å²) in [6.07, 6.45) is 5.73. The van der Waals surface area contributed by atoms with Crippen molar-refractivity contribution in [2.75, 3.05) is 33.2 Å². The van der Waals surface area contributed by atoms with E-state index in [1.165, 1.54) is 6.42 Å². The Morgan fingerprint density at radius 2 is 1.89 bits per heavy atom. The summed E-state index contributed by atoms with van der Waals surface area (Å²) >= 11 is 0. The summed E-state index contributed by atoms with van der Waals surface area (Å²) in [7, 11) is 1.98. The number of hydrogen-bond donors (Lipinski definition) is 1. The molecule has 2 fully saturated rings. The molecule has 4 nitrogen and oxygen atoms in total. The first-order chi connectivity index (χ1) is 8.68. The maximum absolute atomic E-state index is 12.4. The van der Waals surface area contributed by atoms with Crippen LogP contribution in [0.3, 0.4) is 0 Å². The van der Waals surface area contributed by atoms with Gasteiger partial charge >= 0.3 is 6.03 Å². The van der Waals surface area contributed by atoms with Gasteiger partial charge in [0.05, 0.1) is 0 Å². The lowest BCUT2D eigenvalue weighted by atomic mass is 9.99. The Kier molecular flexibility index (Phi) is 4.87. The number of likely N-dealkylation sites (tertiary alicyclic amines) is 1. The third-order valence-electron chi connectivity index (χ3n) is 4.45. The summed E-state index contributed by atoms with van der Waals surface area (Å²) in [6, 6.07) is 0.667. The van der Waals surface area contributed by atoms with Crippen LogP contribution in [0.4, 0.5) is 4.79 Å². The van der Waals surface area contributed by atoms with E-state index in [2.05, 4.69) is 12.2 Å². The zero-order valence-electron chi connectivity index (χ0n) is 11.8. The molecule has 2 rings (SSSR count). The van der Waals surface area contributed by atoms with E-state index in [-0.39, 0.29) is 6.03 Å². The number of hydrogen-bond acceptors (Lipinski definition) is 2. The first kappa shape index (κ1) is 13.7. The molecule has 4 heteroatoms. The normalized spacial score (nSPS) is 26.8. The number of rotatable bonds is 1. The van der Waals surface area contributed by atoms with Gasteiger partial charge in [0.2, 0.25) is 0 Å². The van der Waals surface area contributed by atoms with Gasteiger partial charge in [-0.15, -0.1) is 0 Å². The molecular weight excluding hydrogens is 226 g/mol. The van der Waals surface area contributed by atoms with Crippen LogP contribution < -0.4 is 5.32 Å². The third-order valence-corrected chi connectivity index (χ3v) is 4.45. The highest BCUT2D eigenvalue weighted by molar-refractivity contribution is 5.74. The quantitative estimate of drug-likeness (QED) is 0.775. The molecule has 1 N–H and O–H groups in total. The van der Waals surface area contributed by atoms with Crippen LogP contribution in [-0.2, 0) is 0 Å². The van der Waals surface area contributed by atoms with E-state index in [9.17, 15) is 4.79 Å². The number of piperidine rings is 1. The zero-order chi connectivity index (χ0) is 13.0. The van der Waals surface area contributed by atoms with Crippen molar-refractivity contribution in [3.63, 3.8) is 0 Å². The average Bonchev–Trinajstić information content (AvgIpc) is 2.67. The van der Waals surface area contributed by atoms with E-state index < -0.39 is 0 Å². The van der Waals surface area contributed by atoms with Crippen LogP contribution in [0.25, 0.3) is 0 Å². The van der Waals surface area contributed by atoms with Gasteiger partial charge in [-0.2, -0.15) is 0 Å². The Labute approximate surface area is 111 Å². The largest absolute Gasteiger partial charge is 0.325 e. The number of nitrogens with one attached hydrogen (secondary N) is 1. The van der Waals surface area contributed by atoms with Crippen LogP contribution in [0.1, 0.15) is 39.0 Å². The second kappa shape index (κ2) is 6.41. The highest BCUT2D eigenvalue weighted by Crippen LogP contribution is 2.19. The second-order valence-electron chi connectivity index (χ2n) is 5.90. The third kappa shape index (κ3) is 3.37. The molecule has 104 valence electrons. The molecular formula is C14H27N3O. The number of urea groups is 1. The molecule has 0 saturated carbocycles. The van der Waals surface area contributed by atoms with E-state index in [4.69, 9.17) is 0 Å². The standard InChI is InChI=1S/C14H27N3O/c1-12-6-10-17(11-7-12)14(18)16(2)13-4-3-8-15-9-5-13/h12-13,15H,3-11H2,1-2H3. The van der Waals surface area contributed by atoms with Gasteiger partial charge < -0.3 is 15.1 Å². The molecule has 0 radical (unpaired) electrons. The molecule has 2 saturated heterocycles. The number of carbonyl (C=O) groups is 1. The van der Waals surface area contributed by atoms with Crippen LogP contribution >= 0.6 is 0 Å². The molecule has 2 aliphatic rings. The Bertz CT molecular complexity index is 266. The van der Waals surface area contributed by atoms with Gasteiger partial charge in [-0.1, -0.05) is 6.92 Å². The van der Waals surface area contributed by atoms with E-state index in [1.807, 2.05) is 16.8 Å². The Balaban J connectivity index is 1.87. The van der Waals surface area contributed by atoms with Crippen LogP contribution in [-0.4, -0.2) is 55.1 Å². The molecule has 0 aromatic rings. The summed E-state index contributed by atoms with van der Waals surface area (Å²) in [5.41, 5.74) is 0. The van der Waals surface area contributed by atoms with Crippen LogP contribution in [0.5, 0.6) is 0 Å². The van der Waals surface area contributed by atoms with E-state index >= 15 is 0 Å². The summed E-state index contributed by atoms with van der Waals surface area (Å²) in [6.45, 7) is 6.30. The molecule has 2 heterocycles. The smallest absolute Gasteiger partial charge is 0.319 e. The maximum atomic E-state index is 12.4. The molecule has 0 spiro atoms. The minimum absolute atomic E-state index is 0.244. The lowest BCUT2D eigenvalue weighted by Gasteiger charge is -2.36. The lowest BCUT2D eigenvalue weighted by molar-refractivity contribution is 0.126. The second-order valence-corrected chi connectivity index (χ2v) is 5.90. The molecule has 0 aromatic carbocycles. The van der Waals surface area contributed by atoms with E-state index in [0.29, 0.717) is 6.04 Å². The van der Waals surface area contributed by atoms with E-state index in [1.54, 1.807) is 0 Å². The minimum Gasteiger partial charge on any atom is -0.325 e. The van der Waals surface area contributed by atoms with Crippen molar-refractivity contribution in [3.05, 3.63) is 0 Å². The Morgan fingerprint density at radius 3 is 2.61 bits per heavy atom. The van der Waals surface area contributed by atoms with Crippen LogP contribution in [0.15, 0.2) is 0 Å². The zero-order valence-corrected chi connectivity index (χ0v) is 11.8. The highest BCUT2D eigenvalue weighted by Gasteiger charge is 2.27. The number of nitrogens with zero attached hydrogens (tertiary/aromatic N) is 2. The fourth-order valence-electron chi connectivity index (χ4n) is 2.97. The van der Waals surface area contributed by atoms with Crippen molar-refractivity contribution in [3.8, 4) is 0 Å². The van der Waals surface area contributed by atoms with Crippen molar-refractivity contribution >= 4 is 6.03 Å². The van der Waals surface area contributed by atoms with E-state index in [0.717, 1.165) is 57.8 Å². The molecule has 1 atom stereocenters. The van der Waals surface area contributed by atoms with Gasteiger partial charge in [0.25, 0.3) is 0 Å². The summed E-state index contributed by atoms with van der Waals surface area (Å²) in [4.78, 5) is 16.5. The average molecular weight is 253 g/mol. The summed E-state index contributed by atoms with van der Waals surface area (Å²) in [5, 5.41) is 3.40. The van der Waals surface area contributed by atoms with Crippen molar-refractivity contribution < 1.29 is 4.79 Å². The molecule has 18 heavy (non-hydrogen) atoms. The highest BCUT2D eigenvalue weighted by atomic mass is 16.2. The minimum atomic E-state index is 0.244. The fourth-order valence-corrected chi connectivity index (χ4v) is 2.97. The van der Waals surface area contributed by atoms with Gasteiger partial charge in [0, 0.05) is 26.2 Å². The molecule has 0 bridgehead atoms. The first-order valence-corrected chi connectivity index (χ1v) is 7.41. The summed E-state index contributed by atoms with van der Waals surface area (Å²) < 4.78 is 0. The first-order valence-electron chi connectivity index (χ1n) is 7.41. The van der Waals surface area contributed by atoms with Crippen molar-refractivity contribution in [2.45, 2.75) is 45.1 Å². The Morgan fingerprint density at radius 1 is 1.17 bits per heavy atom. The molecule has 2 aliphatic heterocycles. The van der Waals surface area contributed by atoms with Gasteiger partial charge in [-0.3, -0.25) is 0 Å². The predicted octanol–water partition coefficient (Wildman–Crippen LogP) is 1.91. The SMILES string of the molecule is CC1CCN(C(=O)N(C)C2CCCNCC2)CC1. The van der Waals surface area contributed by atoms with Crippen LogP contribution in [0, 0.1) is 5.92 Å². The topological polar surface area (TPSA) is 35.6 Å². The molecule has 1 unspecified atom stereocenters. The van der Waals surface area contributed by atoms with Gasteiger partial charge in [-0.05, 0) is 51.1 Å². The number of carbonyl (C=O) groups excluding carboxylic acids is 1. The maximum Gasteiger partial charge on any atom is 0.319 e. The predicted molar refractivity (Wildman–Crippen MR) is 73.6 cm³/mol. The lowest BCUT2D eigenvalue weighted by Crippen LogP contribution is -2.48. The monoisotopic (exact) mass is 253 g/mol. The molecule has 2 amide bonds. The van der Waals surface area contributed by atoms with Crippen molar-refractivity contribution in [1.82, 2.24) is 15.1 Å². The van der Waals surface area contributed by atoms with Gasteiger partial charge in [0.1, 0.15) is 0 Å². The van der Waals surface area contributed by atoms with Gasteiger partial charge in [-0.25, -0.2) is 4.79 Å². The molecule has 0 aromatic heterocycles.